The first-order valence-corrected chi connectivity index (χ1v) is 9.50. The third-order valence-corrected chi connectivity index (χ3v) is 5.49. The number of likely N-dealkylation sites (tertiary alicyclic amines) is 1. The van der Waals surface area contributed by atoms with Crippen LogP contribution >= 0.6 is 0 Å². The van der Waals surface area contributed by atoms with Gasteiger partial charge < -0.3 is 15.4 Å². The second-order valence-corrected chi connectivity index (χ2v) is 7.48. The van der Waals surface area contributed by atoms with E-state index in [4.69, 9.17) is 4.74 Å². The van der Waals surface area contributed by atoms with Crippen molar-refractivity contribution >= 4 is 5.96 Å². The zero-order chi connectivity index (χ0) is 17.6. The highest BCUT2D eigenvalue weighted by atomic mass is 16.5. The van der Waals surface area contributed by atoms with Gasteiger partial charge in [0.05, 0.1) is 7.11 Å². The molecule has 3 rings (SSSR count). The number of methoxy groups -OCH3 is 1. The fraction of sp³-hybridized carbons (Fsp3) is 0.650. The van der Waals surface area contributed by atoms with Crippen LogP contribution < -0.4 is 15.4 Å². The van der Waals surface area contributed by atoms with E-state index in [0.717, 1.165) is 36.6 Å². The molecule has 1 saturated carbocycles. The van der Waals surface area contributed by atoms with Crippen LogP contribution in [0.25, 0.3) is 0 Å². The standard InChI is InChI=1S/C20H32N4O/c1-15-12-19(15)23-20(21-2)22-13-16-8-10-24(11-9-16)14-17-4-6-18(25-3)7-5-17/h4-7,15-16,19H,8-14H2,1-3H3,(H2,21,22,23). The third-order valence-electron chi connectivity index (χ3n) is 5.49. The van der Waals surface area contributed by atoms with E-state index < -0.39 is 0 Å². The number of aliphatic imine (C=N–C) groups is 1. The minimum Gasteiger partial charge on any atom is -0.497 e. The van der Waals surface area contributed by atoms with Crippen LogP contribution in [0, 0.1) is 11.8 Å². The van der Waals surface area contributed by atoms with Crippen molar-refractivity contribution in [2.45, 2.75) is 38.8 Å². The van der Waals surface area contributed by atoms with Gasteiger partial charge in [0.25, 0.3) is 0 Å². The van der Waals surface area contributed by atoms with Crippen LogP contribution in [-0.2, 0) is 6.54 Å². The van der Waals surface area contributed by atoms with Gasteiger partial charge >= 0.3 is 0 Å². The molecular weight excluding hydrogens is 312 g/mol. The predicted molar refractivity (Wildman–Crippen MR) is 103 cm³/mol. The first-order chi connectivity index (χ1) is 12.2. The van der Waals surface area contributed by atoms with Crippen LogP contribution in [-0.4, -0.2) is 50.7 Å². The molecule has 2 fully saturated rings. The molecule has 5 heteroatoms. The van der Waals surface area contributed by atoms with Crippen LogP contribution in [0.3, 0.4) is 0 Å². The molecule has 1 aromatic carbocycles. The summed E-state index contributed by atoms with van der Waals surface area (Å²) in [5, 5.41) is 7.01. The van der Waals surface area contributed by atoms with E-state index in [0.29, 0.717) is 6.04 Å². The quantitative estimate of drug-likeness (QED) is 0.615. The third kappa shape index (κ3) is 5.36. The molecule has 1 aromatic rings. The summed E-state index contributed by atoms with van der Waals surface area (Å²) in [5.74, 6) is 3.42. The summed E-state index contributed by atoms with van der Waals surface area (Å²) in [6.07, 6.45) is 3.77. The monoisotopic (exact) mass is 344 g/mol. The smallest absolute Gasteiger partial charge is 0.191 e. The molecule has 2 unspecified atom stereocenters. The molecule has 0 bridgehead atoms. The van der Waals surface area contributed by atoms with E-state index in [9.17, 15) is 0 Å². The molecule has 2 aliphatic rings. The summed E-state index contributed by atoms with van der Waals surface area (Å²) in [5.41, 5.74) is 1.36. The molecule has 25 heavy (non-hydrogen) atoms. The van der Waals surface area contributed by atoms with E-state index >= 15 is 0 Å². The van der Waals surface area contributed by atoms with Gasteiger partial charge in [-0.05, 0) is 61.9 Å². The highest BCUT2D eigenvalue weighted by Gasteiger charge is 2.33. The maximum atomic E-state index is 5.23. The molecular formula is C20H32N4O. The second kappa shape index (κ2) is 8.56. The van der Waals surface area contributed by atoms with Gasteiger partial charge in [0.15, 0.2) is 5.96 Å². The fourth-order valence-corrected chi connectivity index (χ4v) is 3.47. The van der Waals surface area contributed by atoms with Crippen molar-refractivity contribution in [3.8, 4) is 5.75 Å². The Hall–Kier alpha value is -1.75. The minimum atomic E-state index is 0.623. The van der Waals surface area contributed by atoms with Gasteiger partial charge in [-0.3, -0.25) is 9.89 Å². The number of piperidine rings is 1. The van der Waals surface area contributed by atoms with Crippen LogP contribution in [0.15, 0.2) is 29.3 Å². The Labute approximate surface area is 151 Å². The highest BCUT2D eigenvalue weighted by Crippen LogP contribution is 2.28. The molecule has 0 radical (unpaired) electrons. The lowest BCUT2D eigenvalue weighted by Gasteiger charge is -2.32. The van der Waals surface area contributed by atoms with Crippen molar-refractivity contribution in [3.05, 3.63) is 29.8 Å². The Morgan fingerprint density at radius 2 is 1.92 bits per heavy atom. The van der Waals surface area contributed by atoms with E-state index in [1.165, 1.54) is 37.9 Å². The number of guanidine groups is 1. The largest absolute Gasteiger partial charge is 0.497 e. The van der Waals surface area contributed by atoms with Crippen LogP contribution in [0.4, 0.5) is 0 Å². The summed E-state index contributed by atoms with van der Waals surface area (Å²) < 4.78 is 5.23. The highest BCUT2D eigenvalue weighted by molar-refractivity contribution is 5.80. The topological polar surface area (TPSA) is 48.9 Å². The molecule has 1 aliphatic carbocycles. The van der Waals surface area contributed by atoms with Gasteiger partial charge in [0, 0.05) is 26.2 Å². The average Bonchev–Trinajstić information content (AvgIpc) is 3.35. The van der Waals surface area contributed by atoms with E-state index in [1.54, 1.807) is 7.11 Å². The van der Waals surface area contributed by atoms with Crippen molar-refractivity contribution in [1.29, 1.82) is 0 Å². The summed E-state index contributed by atoms with van der Waals surface area (Å²) in [6.45, 7) is 6.68. The molecule has 138 valence electrons. The molecule has 0 amide bonds. The summed E-state index contributed by atoms with van der Waals surface area (Å²) in [6, 6.07) is 9.05. The van der Waals surface area contributed by atoms with Gasteiger partial charge in [-0.15, -0.1) is 0 Å². The van der Waals surface area contributed by atoms with Crippen molar-refractivity contribution in [2.75, 3.05) is 33.8 Å². The Morgan fingerprint density at radius 3 is 2.48 bits per heavy atom. The Balaban J connectivity index is 1.36. The van der Waals surface area contributed by atoms with E-state index in [2.05, 4.69) is 39.6 Å². The SMILES string of the molecule is CN=C(NCC1CCN(Cc2ccc(OC)cc2)CC1)NC1CC1C. The molecule has 5 nitrogen and oxygen atoms in total. The van der Waals surface area contributed by atoms with E-state index in [-0.39, 0.29) is 0 Å². The lowest BCUT2D eigenvalue weighted by molar-refractivity contribution is 0.178. The lowest BCUT2D eigenvalue weighted by Crippen LogP contribution is -2.43. The number of ether oxygens (including phenoxy) is 1. The van der Waals surface area contributed by atoms with Crippen molar-refractivity contribution in [3.63, 3.8) is 0 Å². The average molecular weight is 345 g/mol. The maximum Gasteiger partial charge on any atom is 0.191 e. The van der Waals surface area contributed by atoms with Crippen LogP contribution in [0.1, 0.15) is 31.7 Å². The lowest BCUT2D eigenvalue weighted by atomic mass is 9.96. The number of rotatable bonds is 6. The number of hydrogen-bond donors (Lipinski definition) is 2. The van der Waals surface area contributed by atoms with Gasteiger partial charge in [0.1, 0.15) is 5.75 Å². The Bertz CT molecular complexity index is 564. The van der Waals surface area contributed by atoms with Crippen molar-refractivity contribution < 1.29 is 4.74 Å². The normalized spacial score (nSPS) is 24.8. The Morgan fingerprint density at radius 1 is 1.24 bits per heavy atom. The molecule has 2 atom stereocenters. The van der Waals surface area contributed by atoms with Crippen LogP contribution in [0.2, 0.25) is 0 Å². The summed E-state index contributed by atoms with van der Waals surface area (Å²) in [7, 11) is 3.57. The molecule has 0 spiro atoms. The van der Waals surface area contributed by atoms with Gasteiger partial charge in [0.2, 0.25) is 0 Å². The molecule has 1 heterocycles. The maximum absolute atomic E-state index is 5.23. The summed E-state index contributed by atoms with van der Waals surface area (Å²) in [4.78, 5) is 6.90. The van der Waals surface area contributed by atoms with Crippen molar-refractivity contribution in [2.24, 2.45) is 16.8 Å². The number of nitrogens with zero attached hydrogens (tertiary/aromatic N) is 2. The van der Waals surface area contributed by atoms with Gasteiger partial charge in [-0.1, -0.05) is 19.1 Å². The van der Waals surface area contributed by atoms with Crippen LogP contribution in [0.5, 0.6) is 5.75 Å². The summed E-state index contributed by atoms with van der Waals surface area (Å²) >= 11 is 0. The predicted octanol–water partition coefficient (Wildman–Crippen LogP) is 2.48. The zero-order valence-corrected chi connectivity index (χ0v) is 15.8. The number of hydrogen-bond acceptors (Lipinski definition) is 3. The second-order valence-electron chi connectivity index (χ2n) is 7.48. The first-order valence-electron chi connectivity index (χ1n) is 9.50. The van der Waals surface area contributed by atoms with Crippen molar-refractivity contribution in [1.82, 2.24) is 15.5 Å². The minimum absolute atomic E-state index is 0.623. The number of nitrogens with one attached hydrogen (secondary N) is 2. The zero-order valence-electron chi connectivity index (χ0n) is 15.8. The Kier molecular flexibility index (Phi) is 6.19. The van der Waals surface area contributed by atoms with Gasteiger partial charge in [-0.2, -0.15) is 0 Å². The van der Waals surface area contributed by atoms with Gasteiger partial charge in [-0.25, -0.2) is 0 Å². The molecule has 1 aliphatic heterocycles. The molecule has 1 saturated heterocycles. The molecule has 2 N–H and O–H groups in total. The van der Waals surface area contributed by atoms with E-state index in [1.807, 2.05) is 19.2 Å². The molecule has 0 aromatic heterocycles. The first kappa shape index (κ1) is 18.1. The fourth-order valence-electron chi connectivity index (χ4n) is 3.47. The number of benzene rings is 1.